The van der Waals surface area contributed by atoms with Gasteiger partial charge in [0, 0.05) is 32.1 Å². The van der Waals surface area contributed by atoms with Crippen molar-refractivity contribution < 1.29 is 9.53 Å². The Kier molecular flexibility index (Phi) is 5.71. The van der Waals surface area contributed by atoms with E-state index in [9.17, 15) is 4.79 Å². The van der Waals surface area contributed by atoms with E-state index in [0.717, 1.165) is 26.2 Å². The van der Waals surface area contributed by atoms with E-state index in [4.69, 9.17) is 4.74 Å². The molecule has 0 saturated carbocycles. The zero-order valence-electron chi connectivity index (χ0n) is 15.0. The second-order valence-corrected chi connectivity index (χ2v) is 6.04. The van der Waals surface area contributed by atoms with Crippen LogP contribution in [0.15, 0.2) is 48.5 Å². The third kappa shape index (κ3) is 3.54. The number of rotatable bonds is 2. The molecule has 2 aromatic rings. The van der Waals surface area contributed by atoms with Crippen LogP contribution in [0.25, 0.3) is 11.1 Å². The van der Waals surface area contributed by atoms with E-state index in [1.807, 2.05) is 13.8 Å². The first-order valence-corrected chi connectivity index (χ1v) is 9.15. The molecule has 25 heavy (non-hydrogen) atoms. The van der Waals surface area contributed by atoms with Crippen LogP contribution in [0.4, 0.5) is 4.79 Å². The third-order valence-corrected chi connectivity index (χ3v) is 4.71. The van der Waals surface area contributed by atoms with Gasteiger partial charge in [-0.25, -0.2) is 4.79 Å². The largest absolute Gasteiger partial charge is 0.448 e. The lowest BCUT2D eigenvalue weighted by molar-refractivity contribution is 0.0953. The molecule has 1 fully saturated rings. The number of piperazine rings is 1. The molecule has 4 heteroatoms. The lowest BCUT2D eigenvalue weighted by Crippen LogP contribution is -2.46. The normalized spacial score (nSPS) is 15.7. The highest BCUT2D eigenvalue weighted by Gasteiger charge is 2.29. The van der Waals surface area contributed by atoms with Crippen LogP contribution in [-0.2, 0) is 4.74 Å². The Balaban J connectivity index is 0.000000880. The molecule has 2 aliphatic rings. The molecule has 2 aromatic carbocycles. The predicted octanol–water partition coefficient (Wildman–Crippen LogP) is 3.87. The minimum atomic E-state index is -0.201. The van der Waals surface area contributed by atoms with Gasteiger partial charge in [-0.15, -0.1) is 0 Å². The molecule has 1 saturated heterocycles. The molecule has 4 nitrogen and oxygen atoms in total. The van der Waals surface area contributed by atoms with Crippen LogP contribution < -0.4 is 5.32 Å². The number of hydrogen-bond donors (Lipinski definition) is 1. The Hall–Kier alpha value is -2.33. The molecule has 132 valence electrons. The van der Waals surface area contributed by atoms with Crippen molar-refractivity contribution in [1.82, 2.24) is 10.2 Å². The van der Waals surface area contributed by atoms with Gasteiger partial charge >= 0.3 is 6.09 Å². The quantitative estimate of drug-likeness (QED) is 0.904. The number of ether oxygens (including phenoxy) is 1. The van der Waals surface area contributed by atoms with Gasteiger partial charge in [0.15, 0.2) is 0 Å². The highest BCUT2D eigenvalue weighted by atomic mass is 16.6. The minimum absolute atomic E-state index is 0.134. The second-order valence-electron chi connectivity index (χ2n) is 6.04. The summed E-state index contributed by atoms with van der Waals surface area (Å²) in [4.78, 5) is 14.0. The van der Waals surface area contributed by atoms with Gasteiger partial charge in [0.1, 0.15) is 6.61 Å². The van der Waals surface area contributed by atoms with E-state index in [1.165, 1.54) is 22.3 Å². The minimum Gasteiger partial charge on any atom is -0.448 e. The molecule has 1 heterocycles. The third-order valence-electron chi connectivity index (χ3n) is 4.71. The first-order chi connectivity index (χ1) is 12.3. The van der Waals surface area contributed by atoms with Gasteiger partial charge in [-0.3, -0.25) is 0 Å². The van der Waals surface area contributed by atoms with Crippen LogP contribution in [-0.4, -0.2) is 43.8 Å². The zero-order chi connectivity index (χ0) is 17.6. The Morgan fingerprint density at radius 3 is 2.08 bits per heavy atom. The van der Waals surface area contributed by atoms with Gasteiger partial charge in [-0.2, -0.15) is 0 Å². The van der Waals surface area contributed by atoms with Crippen LogP contribution in [0.2, 0.25) is 0 Å². The first-order valence-electron chi connectivity index (χ1n) is 9.15. The van der Waals surface area contributed by atoms with Crippen molar-refractivity contribution in [3.05, 3.63) is 59.7 Å². The number of fused-ring (bicyclic) bond motifs is 3. The number of nitrogens with one attached hydrogen (secondary N) is 1. The Morgan fingerprint density at radius 2 is 1.52 bits per heavy atom. The lowest BCUT2D eigenvalue weighted by atomic mass is 9.98. The van der Waals surface area contributed by atoms with Crippen molar-refractivity contribution in [2.75, 3.05) is 32.8 Å². The number of nitrogens with zero attached hydrogens (tertiary/aromatic N) is 1. The summed E-state index contributed by atoms with van der Waals surface area (Å²) in [5, 5.41) is 3.24. The van der Waals surface area contributed by atoms with E-state index in [-0.39, 0.29) is 12.0 Å². The van der Waals surface area contributed by atoms with Crippen LogP contribution in [0, 0.1) is 0 Å². The average molecular weight is 338 g/mol. The van der Waals surface area contributed by atoms with Gasteiger partial charge in [-0.1, -0.05) is 62.4 Å². The summed E-state index contributed by atoms with van der Waals surface area (Å²) in [6.45, 7) is 7.51. The molecule has 0 radical (unpaired) electrons. The van der Waals surface area contributed by atoms with Crippen molar-refractivity contribution in [2.24, 2.45) is 0 Å². The van der Waals surface area contributed by atoms with Gasteiger partial charge in [0.25, 0.3) is 0 Å². The van der Waals surface area contributed by atoms with Crippen molar-refractivity contribution in [3.8, 4) is 11.1 Å². The molecular formula is C21H26N2O2. The van der Waals surface area contributed by atoms with Crippen molar-refractivity contribution in [2.45, 2.75) is 19.8 Å². The highest BCUT2D eigenvalue weighted by Crippen LogP contribution is 2.44. The van der Waals surface area contributed by atoms with Crippen molar-refractivity contribution in [1.29, 1.82) is 0 Å². The van der Waals surface area contributed by atoms with E-state index < -0.39 is 0 Å². The van der Waals surface area contributed by atoms with Gasteiger partial charge in [0.2, 0.25) is 0 Å². The summed E-state index contributed by atoms with van der Waals surface area (Å²) in [6.07, 6.45) is -0.201. The maximum atomic E-state index is 12.3. The maximum absolute atomic E-state index is 12.3. The number of carbonyl (C=O) groups excluding carboxylic acids is 1. The van der Waals surface area contributed by atoms with Gasteiger partial charge < -0.3 is 15.0 Å². The Bertz CT molecular complexity index is 678. The van der Waals surface area contributed by atoms with Crippen LogP contribution >= 0.6 is 0 Å². The molecule has 4 rings (SSSR count). The van der Waals surface area contributed by atoms with Gasteiger partial charge in [-0.05, 0) is 22.3 Å². The van der Waals surface area contributed by atoms with Gasteiger partial charge in [0.05, 0.1) is 0 Å². The fraction of sp³-hybridized carbons (Fsp3) is 0.381. The fourth-order valence-electron chi connectivity index (χ4n) is 3.53. The van der Waals surface area contributed by atoms with Crippen LogP contribution in [0.3, 0.4) is 0 Å². The summed E-state index contributed by atoms with van der Waals surface area (Å²) >= 11 is 0. The molecule has 1 aliphatic heterocycles. The SMILES string of the molecule is CC.O=C(OCC1c2ccccc2-c2ccccc21)N1CCNCC1. The fourth-order valence-corrected chi connectivity index (χ4v) is 3.53. The topological polar surface area (TPSA) is 41.6 Å². The predicted molar refractivity (Wildman–Crippen MR) is 101 cm³/mol. The number of hydrogen-bond acceptors (Lipinski definition) is 3. The standard InChI is InChI=1S/C19H20N2O2.C2H6/c22-19(21-11-9-20-10-12-21)23-13-18-16-7-3-1-5-14(16)15-6-2-4-8-17(15)18;1-2/h1-8,18,20H,9-13H2;1-2H3. The molecule has 0 atom stereocenters. The zero-order valence-corrected chi connectivity index (χ0v) is 15.0. The molecule has 0 unspecified atom stereocenters. The molecule has 0 bridgehead atoms. The number of amides is 1. The summed E-state index contributed by atoms with van der Waals surface area (Å²) < 4.78 is 5.64. The molecule has 0 spiro atoms. The van der Waals surface area contributed by atoms with E-state index in [1.54, 1.807) is 4.90 Å². The average Bonchev–Trinajstić information content (AvgIpc) is 3.02. The summed E-state index contributed by atoms with van der Waals surface area (Å²) in [6, 6.07) is 16.8. The summed E-state index contributed by atoms with van der Waals surface area (Å²) in [5.74, 6) is 0.134. The number of benzene rings is 2. The van der Waals surface area contributed by atoms with Crippen LogP contribution in [0.5, 0.6) is 0 Å². The number of carbonyl (C=O) groups is 1. The molecule has 1 amide bonds. The molecular weight excluding hydrogens is 312 g/mol. The maximum Gasteiger partial charge on any atom is 0.409 e. The van der Waals surface area contributed by atoms with Crippen molar-refractivity contribution >= 4 is 6.09 Å². The smallest absolute Gasteiger partial charge is 0.409 e. The Morgan fingerprint density at radius 1 is 1.00 bits per heavy atom. The molecule has 1 aliphatic carbocycles. The summed E-state index contributed by atoms with van der Waals surface area (Å²) in [7, 11) is 0. The first kappa shape index (κ1) is 17.5. The van der Waals surface area contributed by atoms with Crippen LogP contribution in [0.1, 0.15) is 30.9 Å². The Labute approximate surface area is 149 Å². The monoisotopic (exact) mass is 338 g/mol. The molecule has 1 N–H and O–H groups in total. The van der Waals surface area contributed by atoms with E-state index in [0.29, 0.717) is 6.61 Å². The highest BCUT2D eigenvalue weighted by molar-refractivity contribution is 5.79. The summed E-state index contributed by atoms with van der Waals surface area (Å²) in [5.41, 5.74) is 5.02. The molecule has 0 aromatic heterocycles. The second kappa shape index (κ2) is 8.17. The van der Waals surface area contributed by atoms with Crippen molar-refractivity contribution in [3.63, 3.8) is 0 Å². The van der Waals surface area contributed by atoms with E-state index in [2.05, 4.69) is 53.8 Å². The lowest BCUT2D eigenvalue weighted by Gasteiger charge is -2.27. The van der Waals surface area contributed by atoms with E-state index >= 15 is 0 Å².